The van der Waals surface area contributed by atoms with Gasteiger partial charge < -0.3 is 4.74 Å². The summed E-state index contributed by atoms with van der Waals surface area (Å²) in [6.07, 6.45) is 25.8. The predicted octanol–water partition coefficient (Wildman–Crippen LogP) is 7.25. The first-order valence-electron chi connectivity index (χ1n) is 11.9. The molecule has 3 nitrogen and oxygen atoms in total. The van der Waals surface area contributed by atoms with Crippen molar-refractivity contribution in [3.05, 3.63) is 0 Å². The molecule has 162 valence electrons. The summed E-state index contributed by atoms with van der Waals surface area (Å²) in [5.74, 6) is -0.882. The molecular weight excluding hydrogens is 359 g/mol. The van der Waals surface area contributed by atoms with Crippen LogP contribution in [0.25, 0.3) is 0 Å². The van der Waals surface area contributed by atoms with Gasteiger partial charge in [-0.2, -0.15) is 0 Å². The summed E-state index contributed by atoms with van der Waals surface area (Å²) >= 11 is 0. The third-order valence-electron chi connectivity index (χ3n) is 5.24. The predicted molar refractivity (Wildman–Crippen MR) is 122 cm³/mol. The van der Waals surface area contributed by atoms with E-state index in [-0.39, 0.29) is 35.5 Å². The molecular formula is C24H47NaO3. The minimum absolute atomic E-state index is 0. The number of carbonyl (C=O) groups excluding carboxylic acids is 2. The van der Waals surface area contributed by atoms with Crippen LogP contribution in [-0.4, -0.2) is 41.5 Å². The van der Waals surface area contributed by atoms with Crippen molar-refractivity contribution in [3.63, 3.8) is 0 Å². The third-order valence-corrected chi connectivity index (χ3v) is 5.24. The van der Waals surface area contributed by atoms with Crippen LogP contribution in [0.3, 0.4) is 0 Å². The quantitative estimate of drug-likeness (QED) is 0.0925. The van der Waals surface area contributed by atoms with Crippen molar-refractivity contribution in [3.8, 4) is 0 Å². The van der Waals surface area contributed by atoms with Gasteiger partial charge in [0.2, 0.25) is 0 Å². The number of hydrogen-bond acceptors (Lipinski definition) is 3. The van der Waals surface area contributed by atoms with Crippen LogP contribution in [0, 0.1) is 0 Å². The average Bonchev–Trinajstić information content (AvgIpc) is 2.63. The Balaban J connectivity index is 0. The van der Waals surface area contributed by atoms with Gasteiger partial charge in [-0.3, -0.25) is 9.59 Å². The van der Waals surface area contributed by atoms with Crippen LogP contribution >= 0.6 is 0 Å². The number of unbranched alkanes of at least 4 members (excludes halogenated alkanes) is 18. The Morgan fingerprint density at radius 3 is 1.11 bits per heavy atom. The van der Waals surface area contributed by atoms with Crippen LogP contribution in [0.1, 0.15) is 142 Å². The molecule has 0 fully saturated rings. The van der Waals surface area contributed by atoms with Crippen LogP contribution in [0.5, 0.6) is 0 Å². The Morgan fingerprint density at radius 1 is 0.536 bits per heavy atom. The fourth-order valence-corrected chi connectivity index (χ4v) is 3.56. The molecule has 0 aromatic carbocycles. The summed E-state index contributed by atoms with van der Waals surface area (Å²) in [6, 6.07) is 0. The van der Waals surface area contributed by atoms with E-state index in [9.17, 15) is 9.59 Å². The van der Waals surface area contributed by atoms with Crippen LogP contribution in [0.4, 0.5) is 0 Å². The van der Waals surface area contributed by atoms with Crippen molar-refractivity contribution < 1.29 is 14.3 Å². The molecule has 0 N–H and O–H groups in total. The molecule has 0 aromatic rings. The van der Waals surface area contributed by atoms with Crippen LogP contribution < -0.4 is 0 Å². The number of rotatable bonds is 20. The zero-order valence-electron chi connectivity index (χ0n) is 18.4. The average molecular weight is 407 g/mol. The van der Waals surface area contributed by atoms with Crippen molar-refractivity contribution in [2.45, 2.75) is 142 Å². The normalized spacial score (nSPS) is 10.5. The molecule has 0 aliphatic rings. The van der Waals surface area contributed by atoms with Crippen molar-refractivity contribution >= 4 is 41.5 Å². The molecule has 0 spiro atoms. The van der Waals surface area contributed by atoms with Gasteiger partial charge in [0.1, 0.15) is 0 Å². The minimum atomic E-state index is -0.502. The molecule has 0 bridgehead atoms. The van der Waals surface area contributed by atoms with E-state index >= 15 is 0 Å². The molecule has 28 heavy (non-hydrogen) atoms. The number of carbonyl (C=O) groups is 2. The molecule has 0 aliphatic heterocycles. The fraction of sp³-hybridized carbons (Fsp3) is 0.917. The van der Waals surface area contributed by atoms with Gasteiger partial charge in [0.25, 0.3) is 0 Å². The van der Waals surface area contributed by atoms with Gasteiger partial charge in [0, 0.05) is 13.3 Å². The summed E-state index contributed by atoms with van der Waals surface area (Å²) in [6.45, 7) is 3.55. The molecule has 0 amide bonds. The van der Waals surface area contributed by atoms with Crippen LogP contribution in [0.2, 0.25) is 0 Å². The summed E-state index contributed by atoms with van der Waals surface area (Å²) in [7, 11) is 0. The topological polar surface area (TPSA) is 43.4 Å². The second kappa shape index (κ2) is 25.2. The fourth-order valence-electron chi connectivity index (χ4n) is 3.56. The van der Waals surface area contributed by atoms with E-state index in [1.807, 2.05) is 0 Å². The second-order valence-electron chi connectivity index (χ2n) is 8.08. The number of ether oxygens (including phenoxy) is 1. The second-order valence-corrected chi connectivity index (χ2v) is 8.08. The van der Waals surface area contributed by atoms with E-state index in [2.05, 4.69) is 11.7 Å². The Hall–Kier alpha value is 0.140. The first-order valence-corrected chi connectivity index (χ1v) is 11.9. The first-order chi connectivity index (χ1) is 13.2. The molecule has 0 heterocycles. The van der Waals surface area contributed by atoms with Gasteiger partial charge in [-0.1, -0.05) is 122 Å². The van der Waals surface area contributed by atoms with E-state index in [0.29, 0.717) is 6.42 Å². The summed E-state index contributed by atoms with van der Waals surface area (Å²) in [5.41, 5.74) is 0. The van der Waals surface area contributed by atoms with Crippen molar-refractivity contribution in [1.82, 2.24) is 0 Å². The van der Waals surface area contributed by atoms with Crippen molar-refractivity contribution in [1.29, 1.82) is 0 Å². The third kappa shape index (κ3) is 26.1. The van der Waals surface area contributed by atoms with E-state index in [0.717, 1.165) is 12.8 Å². The van der Waals surface area contributed by atoms with Crippen molar-refractivity contribution in [2.75, 3.05) is 0 Å². The van der Waals surface area contributed by atoms with Gasteiger partial charge in [-0.05, 0) is 6.42 Å². The SMILES string of the molecule is CCCCCCCCCCCCCCCCCCCCCC(=O)OC(C)=O.[NaH]. The Labute approximate surface area is 197 Å². The zero-order chi connectivity index (χ0) is 20.0. The van der Waals surface area contributed by atoms with Gasteiger partial charge in [0.05, 0.1) is 0 Å². The number of hydrogen-bond donors (Lipinski definition) is 0. The molecule has 4 heteroatoms. The summed E-state index contributed by atoms with van der Waals surface area (Å²) < 4.78 is 4.51. The molecule has 0 saturated heterocycles. The van der Waals surface area contributed by atoms with Gasteiger partial charge in [-0.15, -0.1) is 0 Å². The van der Waals surface area contributed by atoms with Crippen LogP contribution in [0.15, 0.2) is 0 Å². The number of esters is 2. The maximum absolute atomic E-state index is 11.2. The Morgan fingerprint density at radius 2 is 0.821 bits per heavy atom. The first kappa shape index (κ1) is 30.3. The Kier molecular flexibility index (Phi) is 27.3. The van der Waals surface area contributed by atoms with Gasteiger partial charge in [0.15, 0.2) is 0 Å². The van der Waals surface area contributed by atoms with Crippen molar-refractivity contribution in [2.24, 2.45) is 0 Å². The monoisotopic (exact) mass is 406 g/mol. The van der Waals surface area contributed by atoms with Gasteiger partial charge in [-0.25, -0.2) is 0 Å². The standard InChI is InChI=1S/C24H46O3.Na.H/c1-3-4-5-6-7-8-9-10-11-12-13-14-15-16-17-18-19-20-21-22-24(26)27-23(2)25;;/h3-22H2,1-2H3;;. The molecule has 0 aliphatic carbocycles. The van der Waals surface area contributed by atoms with E-state index < -0.39 is 5.97 Å². The molecule has 0 rings (SSSR count). The molecule has 0 radical (unpaired) electrons. The van der Waals surface area contributed by atoms with Crippen LogP contribution in [-0.2, 0) is 14.3 Å². The van der Waals surface area contributed by atoms with Gasteiger partial charge >= 0.3 is 41.5 Å². The van der Waals surface area contributed by atoms with E-state index in [1.54, 1.807) is 0 Å². The molecule has 0 unspecified atom stereocenters. The molecule has 0 saturated carbocycles. The maximum atomic E-state index is 11.2. The Bertz CT molecular complexity index is 345. The molecule has 0 aromatic heterocycles. The molecule has 0 atom stereocenters. The summed E-state index contributed by atoms with van der Waals surface area (Å²) in [5, 5.41) is 0. The summed E-state index contributed by atoms with van der Waals surface area (Å²) in [4.78, 5) is 21.8. The van der Waals surface area contributed by atoms with E-state index in [1.165, 1.54) is 116 Å². The zero-order valence-corrected chi connectivity index (χ0v) is 18.4. The van der Waals surface area contributed by atoms with E-state index in [4.69, 9.17) is 0 Å².